The molecular formula is C28H28FNO10S. The van der Waals surface area contributed by atoms with Gasteiger partial charge in [0.25, 0.3) is 0 Å². The Kier molecular flexibility index (Phi) is 7.93. The molecule has 11 nitrogen and oxygen atoms in total. The maximum Gasteiger partial charge on any atom is 0.342 e. The molecule has 1 fully saturated rings. The Morgan fingerprint density at radius 1 is 0.976 bits per heavy atom. The number of halogens is 1. The molecule has 0 saturated carbocycles. The van der Waals surface area contributed by atoms with Crippen LogP contribution in [-0.2, 0) is 25.9 Å². The number of sulfonamides is 1. The van der Waals surface area contributed by atoms with Crippen molar-refractivity contribution in [3.8, 4) is 28.7 Å². The van der Waals surface area contributed by atoms with Crippen molar-refractivity contribution in [2.75, 3.05) is 41.8 Å². The first-order valence-corrected chi connectivity index (χ1v) is 14.0. The number of rotatable bonds is 11. The molecular weight excluding hydrogens is 561 g/mol. The molecule has 0 radical (unpaired) electrons. The van der Waals surface area contributed by atoms with E-state index in [0.717, 1.165) is 12.1 Å². The van der Waals surface area contributed by atoms with Gasteiger partial charge in [0.05, 0.1) is 33.3 Å². The number of ether oxygens (including phenoxy) is 7. The third kappa shape index (κ3) is 5.35. The Balaban J connectivity index is 1.48. The Morgan fingerprint density at radius 2 is 1.71 bits per heavy atom. The summed E-state index contributed by atoms with van der Waals surface area (Å²) in [4.78, 5) is 12.8. The second kappa shape index (κ2) is 11.4. The van der Waals surface area contributed by atoms with Gasteiger partial charge in [0.1, 0.15) is 23.6 Å². The van der Waals surface area contributed by atoms with Gasteiger partial charge in [-0.3, -0.25) is 0 Å². The van der Waals surface area contributed by atoms with Crippen LogP contribution in [0.1, 0.15) is 39.3 Å². The van der Waals surface area contributed by atoms with E-state index in [9.17, 15) is 17.6 Å². The summed E-state index contributed by atoms with van der Waals surface area (Å²) in [7, 11) is 1.74. The van der Waals surface area contributed by atoms with Gasteiger partial charge in [-0.2, -0.15) is 0 Å². The zero-order chi connectivity index (χ0) is 29.3. The van der Waals surface area contributed by atoms with Crippen LogP contribution in [0.15, 0.2) is 47.4 Å². The van der Waals surface area contributed by atoms with Gasteiger partial charge in [0, 0.05) is 17.7 Å². The lowest BCUT2D eigenvalue weighted by Gasteiger charge is -2.17. The molecule has 13 heteroatoms. The molecule has 0 aromatic heterocycles. The van der Waals surface area contributed by atoms with Crippen molar-refractivity contribution < 1.29 is 50.8 Å². The van der Waals surface area contributed by atoms with Gasteiger partial charge >= 0.3 is 5.97 Å². The number of epoxide rings is 1. The third-order valence-electron chi connectivity index (χ3n) is 6.81. The van der Waals surface area contributed by atoms with Crippen LogP contribution >= 0.6 is 0 Å². The normalized spacial score (nSPS) is 17.2. The van der Waals surface area contributed by atoms with Gasteiger partial charge < -0.3 is 33.2 Å². The van der Waals surface area contributed by atoms with Crippen molar-refractivity contribution in [1.82, 2.24) is 4.72 Å². The summed E-state index contributed by atoms with van der Waals surface area (Å²) in [6.45, 7) is -0.000430. The first-order valence-electron chi connectivity index (χ1n) is 12.5. The molecule has 2 aliphatic rings. The first kappa shape index (κ1) is 28.5. The molecule has 1 N–H and O–H groups in total. The number of methoxy groups -OCH3 is 4. The molecule has 0 aliphatic carbocycles. The summed E-state index contributed by atoms with van der Waals surface area (Å²) >= 11 is 0. The van der Waals surface area contributed by atoms with Crippen LogP contribution in [0.4, 0.5) is 4.39 Å². The van der Waals surface area contributed by atoms with Crippen LogP contribution in [0.5, 0.6) is 28.7 Å². The zero-order valence-corrected chi connectivity index (χ0v) is 23.5. The van der Waals surface area contributed by atoms with Crippen molar-refractivity contribution in [2.24, 2.45) is 0 Å². The number of esters is 1. The first-order chi connectivity index (χ1) is 19.7. The Labute approximate surface area is 236 Å². The molecule has 0 bridgehead atoms. The maximum absolute atomic E-state index is 13.3. The molecule has 0 spiro atoms. The fourth-order valence-electron chi connectivity index (χ4n) is 4.88. The van der Waals surface area contributed by atoms with Crippen molar-refractivity contribution in [3.05, 3.63) is 70.5 Å². The van der Waals surface area contributed by atoms with E-state index < -0.39 is 34.0 Å². The van der Waals surface area contributed by atoms with Crippen molar-refractivity contribution in [2.45, 2.75) is 23.5 Å². The fourth-order valence-corrected chi connectivity index (χ4v) is 5.91. The molecule has 0 amide bonds. The highest BCUT2D eigenvalue weighted by Crippen LogP contribution is 2.59. The van der Waals surface area contributed by atoms with Gasteiger partial charge in [-0.1, -0.05) is 6.07 Å². The molecule has 218 valence electrons. The molecule has 2 atom stereocenters. The number of carbonyl (C=O) groups excluding carboxylic acids is 1. The summed E-state index contributed by atoms with van der Waals surface area (Å²) in [5.74, 6) is 0.614. The summed E-state index contributed by atoms with van der Waals surface area (Å²) < 4.78 is 80.3. The van der Waals surface area contributed by atoms with Crippen molar-refractivity contribution in [1.29, 1.82) is 0 Å². The van der Waals surface area contributed by atoms with Crippen LogP contribution in [0.3, 0.4) is 0 Å². The highest BCUT2D eigenvalue weighted by molar-refractivity contribution is 7.89. The van der Waals surface area contributed by atoms with Gasteiger partial charge in [0.15, 0.2) is 23.0 Å². The van der Waals surface area contributed by atoms with E-state index in [4.69, 9.17) is 33.2 Å². The van der Waals surface area contributed by atoms with Gasteiger partial charge in [-0.15, -0.1) is 0 Å². The average molecular weight is 590 g/mol. The Morgan fingerprint density at radius 3 is 2.37 bits per heavy atom. The van der Waals surface area contributed by atoms with Crippen LogP contribution in [-0.4, -0.2) is 56.2 Å². The monoisotopic (exact) mass is 589 g/mol. The fraction of sp³-hybridized carbons (Fsp3) is 0.321. The lowest BCUT2D eigenvalue weighted by molar-refractivity contribution is 0.0594. The van der Waals surface area contributed by atoms with Crippen LogP contribution in [0.25, 0.3) is 0 Å². The Hall–Kier alpha value is -4.07. The van der Waals surface area contributed by atoms with E-state index in [-0.39, 0.29) is 36.0 Å². The molecule has 2 heterocycles. The summed E-state index contributed by atoms with van der Waals surface area (Å²) in [5.41, 5.74) is 1.98. The average Bonchev–Trinajstić information content (AvgIpc) is 3.62. The van der Waals surface area contributed by atoms with E-state index in [0.29, 0.717) is 39.7 Å². The van der Waals surface area contributed by atoms with Crippen molar-refractivity contribution in [3.63, 3.8) is 0 Å². The maximum atomic E-state index is 13.3. The molecule has 5 rings (SSSR count). The molecule has 3 aromatic rings. The lowest BCUT2D eigenvalue weighted by Crippen LogP contribution is -2.26. The van der Waals surface area contributed by atoms with Crippen LogP contribution < -0.4 is 28.4 Å². The minimum Gasteiger partial charge on any atom is -0.493 e. The Bertz CT molecular complexity index is 1580. The molecule has 41 heavy (non-hydrogen) atoms. The summed E-state index contributed by atoms with van der Waals surface area (Å²) in [6.07, 6.45) is -0.942. The van der Waals surface area contributed by atoms with Gasteiger partial charge in [0.2, 0.25) is 22.6 Å². The molecule has 1 saturated heterocycles. The molecule has 2 aliphatic heterocycles. The number of nitrogens with one attached hydrogen (secondary N) is 1. The smallest absolute Gasteiger partial charge is 0.342 e. The summed E-state index contributed by atoms with van der Waals surface area (Å²) in [5, 5.41) is 0. The number of fused-ring (bicyclic) bond motifs is 1. The van der Waals surface area contributed by atoms with E-state index in [1.807, 2.05) is 0 Å². The van der Waals surface area contributed by atoms with Crippen LogP contribution in [0, 0.1) is 5.82 Å². The standard InChI is InChI=1S/C28H28FNO10S/c1-34-19-10-9-18(22(24(19)35-2)28(31)37-4)23-27(40-23)21-15(13-20-25(26(21)36-3)39-14-38-20)11-12-30-41(32,33)17-7-5-16(29)6-8-17/h5-10,13,23,27,30H,11-12,14H2,1-4H3. The number of carbonyl (C=O) groups is 1. The SMILES string of the molecule is COC(=O)c1c(C2OC2c2c(CCNS(=O)(=O)c3ccc(F)cc3)cc3c(c2OC)OCO3)ccc(OC)c1OC. The van der Waals surface area contributed by atoms with Gasteiger partial charge in [-0.05, 0) is 48.4 Å². The number of hydrogen-bond acceptors (Lipinski definition) is 10. The van der Waals surface area contributed by atoms with Gasteiger partial charge in [-0.25, -0.2) is 22.3 Å². The predicted octanol–water partition coefficient (Wildman–Crippen LogP) is 3.70. The topological polar surface area (TPSA) is 131 Å². The third-order valence-corrected chi connectivity index (χ3v) is 8.29. The predicted molar refractivity (Wildman–Crippen MR) is 142 cm³/mol. The van der Waals surface area contributed by atoms with E-state index in [2.05, 4.69) is 4.72 Å². The zero-order valence-electron chi connectivity index (χ0n) is 22.7. The minimum atomic E-state index is -3.89. The van der Waals surface area contributed by atoms with Crippen molar-refractivity contribution >= 4 is 16.0 Å². The molecule has 2 unspecified atom stereocenters. The van der Waals surface area contributed by atoms with Crippen LogP contribution in [0.2, 0.25) is 0 Å². The highest BCUT2D eigenvalue weighted by Gasteiger charge is 2.48. The molecule has 3 aromatic carbocycles. The van der Waals surface area contributed by atoms with E-state index in [1.165, 1.54) is 40.6 Å². The largest absolute Gasteiger partial charge is 0.493 e. The number of benzene rings is 3. The summed E-state index contributed by atoms with van der Waals surface area (Å²) in [6, 6.07) is 9.67. The second-order valence-corrected chi connectivity index (χ2v) is 10.8. The quantitative estimate of drug-likeness (QED) is 0.261. The van der Waals surface area contributed by atoms with E-state index in [1.54, 1.807) is 18.2 Å². The highest BCUT2D eigenvalue weighted by atomic mass is 32.2. The minimum absolute atomic E-state index is 0.0106. The number of hydrogen-bond donors (Lipinski definition) is 1. The second-order valence-electron chi connectivity index (χ2n) is 9.05. The lowest BCUT2D eigenvalue weighted by atomic mass is 9.93. The van der Waals surface area contributed by atoms with E-state index >= 15 is 0 Å².